The molecular weight excluding hydrogens is 837 g/mol. The highest BCUT2D eigenvalue weighted by Gasteiger charge is 2.60. The third-order valence-electron chi connectivity index (χ3n) is 14.1. The fourth-order valence-corrected chi connectivity index (χ4v) is 10.7. The number of carbonyl (C=O) groups excluding carboxylic acids is 1. The number of hydrogen-bond acceptors (Lipinski definition) is 5. The highest BCUT2D eigenvalue weighted by atomic mass is 28.4. The summed E-state index contributed by atoms with van der Waals surface area (Å²) in [5, 5.41) is -0.744. The maximum Gasteiger partial charge on any atom is 0.326 e. The van der Waals surface area contributed by atoms with Crippen LogP contribution in [0.5, 0.6) is 0 Å². The molecule has 0 heterocycles. The fraction of sp³-hybridized carbons (Fsp3) is 0.589. The van der Waals surface area contributed by atoms with E-state index in [0.29, 0.717) is 30.4 Å². The summed E-state index contributed by atoms with van der Waals surface area (Å²) in [6, 6.07) is 31.2. The SMILES string of the molecule is CC(C)CC(C)CC(C)C#CCCC(=O)C(C)C=C(O[Si](C)(C)C(C)(C)C)C(OC(c1ccccc1)(c1ccccc1)c1ccccc1)(O[Si](C)(C)C(C)(C)C)O[Si](C)(C)C(C)(C)C. The number of ketones is 1. The van der Waals surface area contributed by atoms with E-state index in [2.05, 4.69) is 214 Å². The Kier molecular flexibility index (Phi) is 18.8. The van der Waals surface area contributed by atoms with Crippen LogP contribution in [0.2, 0.25) is 54.4 Å². The van der Waals surface area contributed by atoms with Crippen LogP contribution in [0.4, 0.5) is 0 Å². The Balaban J connectivity index is 2.53. The third-order valence-corrected chi connectivity index (χ3v) is 27.2. The first-order valence-corrected chi connectivity index (χ1v) is 32.7. The van der Waals surface area contributed by atoms with E-state index < -0.39 is 42.4 Å². The van der Waals surface area contributed by atoms with Crippen LogP contribution in [0.1, 0.15) is 139 Å². The Labute approximate surface area is 395 Å². The number of benzene rings is 3. The lowest BCUT2D eigenvalue weighted by atomic mass is 9.80. The van der Waals surface area contributed by atoms with Gasteiger partial charge in [0.1, 0.15) is 11.4 Å². The molecule has 0 radical (unpaired) electrons. The van der Waals surface area contributed by atoms with Crippen LogP contribution < -0.4 is 0 Å². The summed E-state index contributed by atoms with van der Waals surface area (Å²) < 4.78 is 31.8. The van der Waals surface area contributed by atoms with Gasteiger partial charge in [0.2, 0.25) is 8.32 Å². The van der Waals surface area contributed by atoms with E-state index in [9.17, 15) is 4.79 Å². The molecule has 354 valence electrons. The minimum atomic E-state index is -2.86. The summed E-state index contributed by atoms with van der Waals surface area (Å²) >= 11 is 0. The minimum Gasteiger partial charge on any atom is -0.541 e. The molecule has 0 aliphatic heterocycles. The molecule has 0 aliphatic carbocycles. The Morgan fingerprint density at radius 1 is 0.594 bits per heavy atom. The van der Waals surface area contributed by atoms with Gasteiger partial charge < -0.3 is 18.0 Å². The van der Waals surface area contributed by atoms with E-state index in [0.717, 1.165) is 23.1 Å². The highest BCUT2D eigenvalue weighted by molar-refractivity contribution is 6.76. The number of Topliss-reactive ketones (excluding diaryl/α,β-unsaturated/α-hetero) is 1. The zero-order valence-corrected chi connectivity index (χ0v) is 46.9. The largest absolute Gasteiger partial charge is 0.541 e. The van der Waals surface area contributed by atoms with Crippen molar-refractivity contribution in [3.05, 3.63) is 120 Å². The summed E-state index contributed by atoms with van der Waals surface area (Å²) in [5.74, 6) is 6.42. The zero-order valence-electron chi connectivity index (χ0n) is 43.9. The Morgan fingerprint density at radius 2 is 0.984 bits per heavy atom. The van der Waals surface area contributed by atoms with E-state index in [1.54, 1.807) is 0 Å². The lowest BCUT2D eigenvalue weighted by Crippen LogP contribution is -2.62. The van der Waals surface area contributed by atoms with Gasteiger partial charge in [0.15, 0.2) is 22.4 Å². The average Bonchev–Trinajstić information content (AvgIpc) is 3.17. The van der Waals surface area contributed by atoms with Gasteiger partial charge in [-0.2, -0.15) is 0 Å². The molecule has 3 unspecified atom stereocenters. The predicted octanol–water partition coefficient (Wildman–Crippen LogP) is 16.3. The molecule has 0 amide bonds. The van der Waals surface area contributed by atoms with Crippen molar-refractivity contribution in [1.29, 1.82) is 0 Å². The summed E-state index contributed by atoms with van der Waals surface area (Å²) in [7, 11) is -8.43. The van der Waals surface area contributed by atoms with Crippen molar-refractivity contribution < 1.29 is 22.8 Å². The van der Waals surface area contributed by atoms with Crippen LogP contribution in [0.25, 0.3) is 0 Å². The molecule has 0 saturated carbocycles. The number of ether oxygens (including phenoxy) is 1. The summed E-state index contributed by atoms with van der Waals surface area (Å²) in [5.41, 5.74) is 1.47. The van der Waals surface area contributed by atoms with Gasteiger partial charge in [-0.1, -0.05) is 188 Å². The van der Waals surface area contributed by atoms with Crippen molar-refractivity contribution in [2.24, 2.45) is 23.7 Å². The number of hydrogen-bond donors (Lipinski definition) is 0. The molecule has 64 heavy (non-hydrogen) atoms. The van der Waals surface area contributed by atoms with Crippen molar-refractivity contribution in [1.82, 2.24) is 0 Å². The number of carbonyl (C=O) groups is 1. The Hall–Kier alpha value is -3.04. The molecule has 0 spiro atoms. The first kappa shape index (κ1) is 55.3. The molecule has 0 bridgehead atoms. The van der Waals surface area contributed by atoms with Crippen LogP contribution >= 0.6 is 0 Å². The maximum atomic E-state index is 14.5. The van der Waals surface area contributed by atoms with E-state index >= 15 is 0 Å². The van der Waals surface area contributed by atoms with Gasteiger partial charge in [-0.15, -0.1) is 11.8 Å². The van der Waals surface area contributed by atoms with Gasteiger partial charge in [-0.05, 0) is 102 Å². The van der Waals surface area contributed by atoms with Gasteiger partial charge in [0.05, 0.1) is 0 Å². The van der Waals surface area contributed by atoms with Crippen LogP contribution in [0.3, 0.4) is 0 Å². The van der Waals surface area contributed by atoms with Crippen molar-refractivity contribution in [2.45, 2.75) is 189 Å². The van der Waals surface area contributed by atoms with Gasteiger partial charge in [-0.3, -0.25) is 4.79 Å². The van der Waals surface area contributed by atoms with Gasteiger partial charge in [-0.25, -0.2) is 0 Å². The quantitative estimate of drug-likeness (QED) is 0.0372. The van der Waals surface area contributed by atoms with Crippen molar-refractivity contribution in [3.63, 3.8) is 0 Å². The van der Waals surface area contributed by atoms with E-state index in [-0.39, 0.29) is 26.8 Å². The highest BCUT2D eigenvalue weighted by Crippen LogP contribution is 2.53. The van der Waals surface area contributed by atoms with E-state index in [1.807, 2.05) is 31.2 Å². The minimum absolute atomic E-state index is 0.0838. The third kappa shape index (κ3) is 14.2. The molecule has 0 fully saturated rings. The first-order valence-electron chi connectivity index (χ1n) is 24.0. The lowest BCUT2D eigenvalue weighted by molar-refractivity contribution is -0.333. The fourth-order valence-electron chi connectivity index (χ4n) is 7.26. The van der Waals surface area contributed by atoms with Gasteiger partial charge >= 0.3 is 5.97 Å². The Bertz CT molecular complexity index is 1880. The zero-order chi connectivity index (χ0) is 48.6. The number of allylic oxidation sites excluding steroid dienone is 1. The Morgan fingerprint density at radius 3 is 1.34 bits per heavy atom. The smallest absolute Gasteiger partial charge is 0.326 e. The van der Waals surface area contributed by atoms with Gasteiger partial charge in [0.25, 0.3) is 0 Å². The molecule has 8 heteroatoms. The van der Waals surface area contributed by atoms with Crippen molar-refractivity contribution in [3.8, 4) is 11.8 Å². The number of rotatable bonds is 20. The summed E-state index contributed by atoms with van der Waals surface area (Å²) in [6.07, 6.45) is 5.07. The standard InChI is InChI=1S/C56H88O5Si3/c1-43(2)40-45(4)41-44(3)32-30-31-39-50(57)46(5)42-51(58-62(15,16)52(6,7)8)56(60-63(17,18)53(9,10)11,61-64(19,20)54(12,13)14)59-55(47-33-24-21-25-34-47,48-35-26-22-27-36-48)49-37-28-23-29-38-49/h21-29,33-38,42-46H,31,39-41H2,1-20H3. The normalized spacial score (nSPS) is 15.3. The molecule has 0 saturated heterocycles. The van der Waals surface area contributed by atoms with E-state index in [1.165, 1.54) is 6.42 Å². The second kappa shape index (κ2) is 21.7. The lowest BCUT2D eigenvalue weighted by Gasteiger charge is -2.54. The molecule has 3 aromatic carbocycles. The molecule has 0 N–H and O–H groups in total. The van der Waals surface area contributed by atoms with Crippen LogP contribution in [-0.2, 0) is 28.4 Å². The molecule has 3 aromatic rings. The molecule has 0 aliphatic rings. The molecule has 0 aromatic heterocycles. The monoisotopic (exact) mass is 925 g/mol. The van der Waals surface area contributed by atoms with Crippen LogP contribution in [0, 0.1) is 35.5 Å². The second-order valence-corrected chi connectivity index (χ2v) is 37.7. The van der Waals surface area contributed by atoms with Crippen LogP contribution in [-0.4, -0.2) is 36.7 Å². The molecule has 5 nitrogen and oxygen atoms in total. The first-order chi connectivity index (χ1) is 29.3. The molecular formula is C56H88O5Si3. The van der Waals surface area contributed by atoms with Crippen molar-refractivity contribution in [2.75, 3.05) is 0 Å². The van der Waals surface area contributed by atoms with Gasteiger partial charge in [0, 0.05) is 24.7 Å². The molecule has 3 rings (SSSR count). The summed E-state index contributed by atoms with van der Waals surface area (Å²) in [6.45, 7) is 44.7. The van der Waals surface area contributed by atoms with Crippen molar-refractivity contribution >= 4 is 30.7 Å². The predicted molar refractivity (Wildman–Crippen MR) is 280 cm³/mol. The molecule has 3 atom stereocenters. The average molecular weight is 926 g/mol. The summed E-state index contributed by atoms with van der Waals surface area (Å²) in [4.78, 5) is 14.5. The second-order valence-electron chi connectivity index (χ2n) is 23.5. The topological polar surface area (TPSA) is 54.0 Å². The maximum absolute atomic E-state index is 14.5. The van der Waals surface area contributed by atoms with Crippen LogP contribution in [0.15, 0.2) is 103 Å². The van der Waals surface area contributed by atoms with E-state index in [4.69, 9.17) is 18.0 Å².